The number of ether oxygens (including phenoxy) is 4. The smallest absolute Gasteiger partial charge is 0.427 e. The number of benzene rings is 2. The molecule has 0 aliphatic heterocycles. The van der Waals surface area contributed by atoms with Gasteiger partial charge in [-0.05, 0) is 31.2 Å². The third kappa shape index (κ3) is 6.03. The molecule has 1 aromatic heterocycles. The fourth-order valence-corrected chi connectivity index (χ4v) is 3.20. The minimum Gasteiger partial charge on any atom is -0.497 e. The number of nitrogens with one attached hydrogen (secondary N) is 2. The van der Waals surface area contributed by atoms with Crippen LogP contribution in [0.15, 0.2) is 53.8 Å². The molecule has 0 spiro atoms. The second-order valence-corrected chi connectivity index (χ2v) is 7.09. The molecule has 3 aromatic rings. The Balaban J connectivity index is 2.11. The summed E-state index contributed by atoms with van der Waals surface area (Å²) in [6.07, 6.45) is 0.392. The van der Waals surface area contributed by atoms with Crippen LogP contribution in [0.1, 0.15) is 18.5 Å². The lowest BCUT2D eigenvalue weighted by Crippen LogP contribution is -2.37. The van der Waals surface area contributed by atoms with Gasteiger partial charge >= 0.3 is 12.1 Å². The Morgan fingerprint density at radius 3 is 2.44 bits per heavy atom. The van der Waals surface area contributed by atoms with E-state index in [4.69, 9.17) is 14.2 Å². The molecule has 1 atom stereocenters. The molecule has 0 radical (unpaired) electrons. The molecule has 2 N–H and O–H groups in total. The number of hydrazone groups is 1. The summed E-state index contributed by atoms with van der Waals surface area (Å²) >= 11 is 0. The monoisotopic (exact) mass is 495 g/mol. The van der Waals surface area contributed by atoms with Gasteiger partial charge in [0.25, 0.3) is 5.91 Å². The van der Waals surface area contributed by atoms with Crippen LogP contribution in [0.4, 0.5) is 10.5 Å². The van der Waals surface area contributed by atoms with Crippen LogP contribution in [0.5, 0.6) is 11.5 Å². The summed E-state index contributed by atoms with van der Waals surface area (Å²) in [4.78, 5) is 47.1. The molecule has 3 rings (SSSR count). The zero-order chi connectivity index (χ0) is 26.1. The average molecular weight is 495 g/mol. The SMILES string of the molecule is CCOC(=O)C(/C(=N/NC(=O)OC)C(=O)Nc1cc(OC)ccc1OC)c1cnc2ccccc2n1. The molecule has 12 nitrogen and oxygen atoms in total. The van der Waals surface area contributed by atoms with Gasteiger partial charge in [0.05, 0.1) is 56.5 Å². The highest BCUT2D eigenvalue weighted by molar-refractivity contribution is 6.48. The number of amides is 2. The maximum absolute atomic E-state index is 13.5. The predicted octanol–water partition coefficient (Wildman–Crippen LogP) is 2.64. The minimum absolute atomic E-state index is 0.0272. The zero-order valence-corrected chi connectivity index (χ0v) is 20.1. The normalized spacial score (nSPS) is 11.8. The molecule has 0 saturated heterocycles. The van der Waals surface area contributed by atoms with Crippen LogP contribution in [0, 0.1) is 0 Å². The quantitative estimate of drug-likeness (QED) is 0.259. The van der Waals surface area contributed by atoms with Gasteiger partial charge in [-0.1, -0.05) is 12.1 Å². The largest absolute Gasteiger partial charge is 0.497 e. The molecule has 1 unspecified atom stereocenters. The van der Waals surface area contributed by atoms with E-state index in [1.165, 1.54) is 26.5 Å². The number of hydrogen-bond donors (Lipinski definition) is 2. The van der Waals surface area contributed by atoms with Gasteiger partial charge < -0.3 is 24.3 Å². The standard InChI is InChI=1S/C24H25N5O7/c1-5-36-23(31)20(18-13-25-15-8-6-7-9-16(15)26-18)21(28-29-24(32)35-4)22(30)27-17-12-14(33-2)10-11-19(17)34-3/h6-13,20H,5H2,1-4H3,(H,27,30)(H,29,32)/b28-21-. The molecule has 0 bridgehead atoms. The molecule has 2 amide bonds. The maximum Gasteiger partial charge on any atom is 0.427 e. The number of carbonyl (C=O) groups excluding carboxylic acids is 3. The third-order valence-corrected chi connectivity index (χ3v) is 4.90. The summed E-state index contributed by atoms with van der Waals surface area (Å²) in [5.74, 6) is -2.33. The number of hydrogen-bond acceptors (Lipinski definition) is 10. The van der Waals surface area contributed by atoms with Crippen molar-refractivity contribution in [3.8, 4) is 11.5 Å². The van der Waals surface area contributed by atoms with Crippen molar-refractivity contribution in [2.45, 2.75) is 12.8 Å². The van der Waals surface area contributed by atoms with E-state index in [1.54, 1.807) is 43.3 Å². The van der Waals surface area contributed by atoms with Gasteiger partial charge in [0.1, 0.15) is 23.1 Å². The van der Waals surface area contributed by atoms with Crippen molar-refractivity contribution in [3.05, 3.63) is 54.4 Å². The van der Waals surface area contributed by atoms with E-state index < -0.39 is 29.6 Å². The van der Waals surface area contributed by atoms with Crippen molar-refractivity contribution in [3.63, 3.8) is 0 Å². The van der Waals surface area contributed by atoms with Gasteiger partial charge in [-0.25, -0.2) is 15.2 Å². The lowest BCUT2D eigenvalue weighted by Gasteiger charge is -2.18. The Bertz CT molecular complexity index is 1290. The van der Waals surface area contributed by atoms with Crippen molar-refractivity contribution in [1.82, 2.24) is 15.4 Å². The Labute approximate surface area is 206 Å². The highest BCUT2D eigenvalue weighted by Crippen LogP contribution is 2.29. The summed E-state index contributed by atoms with van der Waals surface area (Å²) in [5.41, 5.74) is 3.06. The lowest BCUT2D eigenvalue weighted by molar-refractivity contribution is -0.143. The molecular formula is C24H25N5O7. The molecule has 2 aromatic carbocycles. The number of carbonyl (C=O) groups is 3. The first-order valence-electron chi connectivity index (χ1n) is 10.7. The van der Waals surface area contributed by atoms with Gasteiger partial charge in [-0.3, -0.25) is 14.6 Å². The second-order valence-electron chi connectivity index (χ2n) is 7.09. The fourth-order valence-electron chi connectivity index (χ4n) is 3.20. The van der Waals surface area contributed by atoms with Crippen molar-refractivity contribution >= 4 is 40.4 Å². The summed E-state index contributed by atoms with van der Waals surface area (Å²) in [7, 11) is 4.02. The second kappa shape index (κ2) is 12.1. The summed E-state index contributed by atoms with van der Waals surface area (Å²) < 4.78 is 20.3. The van der Waals surface area contributed by atoms with E-state index >= 15 is 0 Å². The zero-order valence-electron chi connectivity index (χ0n) is 20.1. The molecule has 0 fully saturated rings. The molecule has 188 valence electrons. The highest BCUT2D eigenvalue weighted by Gasteiger charge is 2.35. The Hall–Kier alpha value is -4.74. The Morgan fingerprint density at radius 1 is 1.03 bits per heavy atom. The number of fused-ring (bicyclic) bond motifs is 1. The first-order valence-corrected chi connectivity index (χ1v) is 10.7. The topological polar surface area (TPSA) is 150 Å². The van der Waals surface area contributed by atoms with Crippen molar-refractivity contribution in [2.75, 3.05) is 33.3 Å². The first-order chi connectivity index (χ1) is 17.4. The van der Waals surface area contributed by atoms with E-state index in [2.05, 4.69) is 30.5 Å². The number of aromatic nitrogens is 2. The van der Waals surface area contributed by atoms with Crippen molar-refractivity contribution < 1.29 is 33.3 Å². The van der Waals surface area contributed by atoms with Crippen LogP contribution >= 0.6 is 0 Å². The lowest BCUT2D eigenvalue weighted by atomic mass is 9.98. The summed E-state index contributed by atoms with van der Waals surface area (Å²) in [5, 5.41) is 6.53. The minimum atomic E-state index is -1.43. The summed E-state index contributed by atoms with van der Waals surface area (Å²) in [6.45, 7) is 1.64. The number of rotatable bonds is 9. The van der Waals surface area contributed by atoms with E-state index in [0.717, 1.165) is 7.11 Å². The predicted molar refractivity (Wildman–Crippen MR) is 130 cm³/mol. The van der Waals surface area contributed by atoms with Crippen LogP contribution in [0.2, 0.25) is 0 Å². The molecule has 0 saturated carbocycles. The van der Waals surface area contributed by atoms with Gasteiger partial charge in [0.2, 0.25) is 0 Å². The fraction of sp³-hybridized carbons (Fsp3) is 0.250. The van der Waals surface area contributed by atoms with E-state index in [-0.39, 0.29) is 18.0 Å². The van der Waals surface area contributed by atoms with Gasteiger partial charge in [0.15, 0.2) is 0 Å². The van der Waals surface area contributed by atoms with Crippen LogP contribution in [-0.4, -0.2) is 61.6 Å². The van der Waals surface area contributed by atoms with E-state index in [0.29, 0.717) is 22.5 Å². The first kappa shape index (κ1) is 25.9. The number of nitrogens with zero attached hydrogens (tertiary/aromatic N) is 3. The van der Waals surface area contributed by atoms with E-state index in [9.17, 15) is 14.4 Å². The number of esters is 1. The number of para-hydroxylation sites is 2. The maximum atomic E-state index is 13.5. The van der Waals surface area contributed by atoms with Crippen LogP contribution in [0.3, 0.4) is 0 Å². The van der Waals surface area contributed by atoms with E-state index in [1.807, 2.05) is 0 Å². The number of methoxy groups -OCH3 is 3. The molecule has 12 heteroatoms. The van der Waals surface area contributed by atoms with Gasteiger partial charge in [-0.2, -0.15) is 5.10 Å². The summed E-state index contributed by atoms with van der Waals surface area (Å²) in [6, 6.07) is 11.8. The Kier molecular flexibility index (Phi) is 8.70. The number of anilines is 1. The van der Waals surface area contributed by atoms with Crippen LogP contribution < -0.4 is 20.2 Å². The molecule has 0 aliphatic rings. The average Bonchev–Trinajstić information content (AvgIpc) is 2.90. The molecule has 0 aliphatic carbocycles. The van der Waals surface area contributed by atoms with Crippen molar-refractivity contribution in [1.29, 1.82) is 0 Å². The molecular weight excluding hydrogens is 470 g/mol. The van der Waals surface area contributed by atoms with Crippen LogP contribution in [-0.2, 0) is 19.1 Å². The van der Waals surface area contributed by atoms with Crippen molar-refractivity contribution in [2.24, 2.45) is 5.10 Å². The highest BCUT2D eigenvalue weighted by atomic mass is 16.5. The molecule has 1 heterocycles. The molecule has 36 heavy (non-hydrogen) atoms. The third-order valence-electron chi connectivity index (χ3n) is 4.90. The van der Waals surface area contributed by atoms with Crippen LogP contribution in [0.25, 0.3) is 11.0 Å². The Morgan fingerprint density at radius 2 is 1.78 bits per heavy atom. The van der Waals surface area contributed by atoms with Gasteiger partial charge in [-0.15, -0.1) is 0 Å². The van der Waals surface area contributed by atoms with Gasteiger partial charge in [0, 0.05) is 6.07 Å².